The first-order chi connectivity index (χ1) is 13.3. The number of furan rings is 1. The van der Waals surface area contributed by atoms with Crippen molar-refractivity contribution in [1.82, 2.24) is 19.9 Å². The number of benzene rings is 1. The molecule has 0 aliphatic rings. The molecule has 0 saturated carbocycles. The molecule has 8 nitrogen and oxygen atoms in total. The molecule has 28 heavy (non-hydrogen) atoms. The predicted octanol–water partition coefficient (Wildman–Crippen LogP) is 3.37. The molecule has 0 atom stereocenters. The molecule has 0 bridgehead atoms. The number of nitrogens with zero attached hydrogens (tertiary/aromatic N) is 3. The Balaban J connectivity index is 1.63. The minimum absolute atomic E-state index is 0.00629. The van der Waals surface area contributed by atoms with Crippen LogP contribution in [0.25, 0.3) is 16.6 Å². The zero-order valence-corrected chi connectivity index (χ0v) is 15.7. The van der Waals surface area contributed by atoms with Gasteiger partial charge in [0, 0.05) is 17.8 Å². The summed E-state index contributed by atoms with van der Waals surface area (Å²) in [6, 6.07) is 3.26. The Morgan fingerprint density at radius 1 is 1.21 bits per heavy atom. The molecule has 2 N–H and O–H groups in total. The van der Waals surface area contributed by atoms with Gasteiger partial charge in [0.1, 0.15) is 16.9 Å². The highest BCUT2D eigenvalue weighted by molar-refractivity contribution is 6.36. The highest BCUT2D eigenvalue weighted by Gasteiger charge is 2.21. The first-order valence-corrected chi connectivity index (χ1v) is 8.76. The molecule has 0 aliphatic heterocycles. The van der Waals surface area contributed by atoms with Crippen molar-refractivity contribution in [3.63, 3.8) is 0 Å². The summed E-state index contributed by atoms with van der Waals surface area (Å²) in [4.78, 5) is 28.3. The normalized spacial score (nSPS) is 11.2. The van der Waals surface area contributed by atoms with Crippen LogP contribution in [0.5, 0.6) is 0 Å². The lowest BCUT2D eigenvalue weighted by Crippen LogP contribution is -2.22. The maximum atomic E-state index is 12.6. The third-order valence-corrected chi connectivity index (χ3v) is 4.72. The maximum Gasteiger partial charge on any atom is 0.339 e. The van der Waals surface area contributed by atoms with Gasteiger partial charge in [-0.1, -0.05) is 11.6 Å². The van der Waals surface area contributed by atoms with Crippen molar-refractivity contribution in [2.45, 2.75) is 20.4 Å². The lowest BCUT2D eigenvalue weighted by atomic mass is 10.1. The van der Waals surface area contributed by atoms with Gasteiger partial charge in [0.2, 0.25) is 0 Å². The topological polar surface area (TPSA) is 110 Å². The number of aromatic carboxylic acids is 1. The second-order valence-corrected chi connectivity index (χ2v) is 6.85. The number of halogens is 1. The summed E-state index contributed by atoms with van der Waals surface area (Å²) in [7, 11) is 0. The SMILES string of the molecule is Cc1cc(C(=O)O)c2oc(CNC(=O)c3cnn4cc(C)cnc34)c(Cl)c2c1. The van der Waals surface area contributed by atoms with Gasteiger partial charge < -0.3 is 14.8 Å². The largest absolute Gasteiger partial charge is 0.478 e. The number of aryl methyl sites for hydroxylation is 2. The standard InChI is InChI=1S/C19H15ClN4O4/c1-9-3-11-15(20)14(28-16(11)12(4-9)19(26)27)7-22-18(25)13-6-23-24-8-10(2)5-21-17(13)24/h3-6,8H,7H2,1-2H3,(H,22,25)(H,26,27). The quantitative estimate of drug-likeness (QED) is 0.545. The summed E-state index contributed by atoms with van der Waals surface area (Å²) in [6.07, 6.45) is 4.86. The van der Waals surface area contributed by atoms with Crippen LogP contribution >= 0.6 is 11.6 Å². The van der Waals surface area contributed by atoms with Gasteiger partial charge in [-0.2, -0.15) is 5.10 Å². The summed E-state index contributed by atoms with van der Waals surface area (Å²) >= 11 is 6.36. The summed E-state index contributed by atoms with van der Waals surface area (Å²) in [6.45, 7) is 3.65. The molecule has 0 unspecified atom stereocenters. The molecule has 3 heterocycles. The van der Waals surface area contributed by atoms with E-state index in [9.17, 15) is 14.7 Å². The minimum atomic E-state index is -1.11. The molecule has 0 saturated heterocycles. The van der Waals surface area contributed by atoms with E-state index in [4.69, 9.17) is 16.0 Å². The van der Waals surface area contributed by atoms with Crippen LogP contribution in [-0.2, 0) is 6.54 Å². The average molecular weight is 399 g/mol. The Morgan fingerprint density at radius 2 is 2.00 bits per heavy atom. The van der Waals surface area contributed by atoms with Gasteiger partial charge >= 0.3 is 5.97 Å². The number of amides is 1. The number of carboxylic acid groups (broad SMARTS) is 1. The fourth-order valence-electron chi connectivity index (χ4n) is 3.02. The molecular formula is C19H15ClN4O4. The Kier molecular flexibility index (Phi) is 4.27. The number of hydrogen-bond acceptors (Lipinski definition) is 5. The fourth-order valence-corrected chi connectivity index (χ4v) is 3.27. The summed E-state index contributed by atoms with van der Waals surface area (Å²) in [5.74, 6) is -1.22. The van der Waals surface area contributed by atoms with Crippen molar-refractivity contribution in [1.29, 1.82) is 0 Å². The van der Waals surface area contributed by atoms with E-state index in [0.29, 0.717) is 16.6 Å². The van der Waals surface area contributed by atoms with E-state index in [1.54, 1.807) is 25.4 Å². The van der Waals surface area contributed by atoms with Crippen molar-refractivity contribution in [3.05, 3.63) is 63.8 Å². The zero-order valence-electron chi connectivity index (χ0n) is 15.0. The average Bonchev–Trinajstić information content (AvgIpc) is 3.20. The molecule has 3 aromatic heterocycles. The molecule has 0 radical (unpaired) electrons. The predicted molar refractivity (Wildman–Crippen MR) is 102 cm³/mol. The molecule has 0 aliphatic carbocycles. The van der Waals surface area contributed by atoms with Gasteiger partial charge in [-0.05, 0) is 37.1 Å². The maximum absolute atomic E-state index is 12.6. The zero-order chi connectivity index (χ0) is 20.0. The van der Waals surface area contributed by atoms with Gasteiger partial charge in [0.15, 0.2) is 11.2 Å². The number of carbonyl (C=O) groups excluding carboxylic acids is 1. The van der Waals surface area contributed by atoms with E-state index >= 15 is 0 Å². The van der Waals surface area contributed by atoms with Crippen LogP contribution in [0, 0.1) is 13.8 Å². The molecule has 0 spiro atoms. The molecule has 0 fully saturated rings. The second-order valence-electron chi connectivity index (χ2n) is 6.47. The van der Waals surface area contributed by atoms with E-state index in [2.05, 4.69) is 15.4 Å². The number of fused-ring (bicyclic) bond motifs is 2. The van der Waals surface area contributed by atoms with Crippen molar-refractivity contribution in [3.8, 4) is 0 Å². The van der Waals surface area contributed by atoms with Crippen LogP contribution in [0.1, 0.15) is 37.6 Å². The Hall–Kier alpha value is -3.39. The van der Waals surface area contributed by atoms with Gasteiger partial charge in [-0.3, -0.25) is 4.79 Å². The lowest BCUT2D eigenvalue weighted by molar-refractivity contribution is 0.0697. The number of hydrogen-bond donors (Lipinski definition) is 2. The molecular weight excluding hydrogens is 384 g/mol. The minimum Gasteiger partial charge on any atom is -0.478 e. The third-order valence-electron chi connectivity index (χ3n) is 4.31. The van der Waals surface area contributed by atoms with Crippen molar-refractivity contribution >= 4 is 40.1 Å². The molecule has 142 valence electrons. The molecule has 1 amide bonds. The van der Waals surface area contributed by atoms with Crippen LogP contribution in [0.3, 0.4) is 0 Å². The van der Waals surface area contributed by atoms with Gasteiger partial charge in [-0.25, -0.2) is 14.3 Å². The van der Waals surface area contributed by atoms with E-state index in [0.717, 1.165) is 11.1 Å². The number of rotatable bonds is 4. The van der Waals surface area contributed by atoms with Crippen molar-refractivity contribution in [2.75, 3.05) is 0 Å². The van der Waals surface area contributed by atoms with E-state index in [1.807, 2.05) is 6.92 Å². The van der Waals surface area contributed by atoms with Crippen LogP contribution < -0.4 is 5.32 Å². The first kappa shape index (κ1) is 18.0. The van der Waals surface area contributed by atoms with E-state index in [-0.39, 0.29) is 28.5 Å². The molecule has 9 heteroatoms. The third kappa shape index (κ3) is 2.97. The number of carbonyl (C=O) groups is 2. The summed E-state index contributed by atoms with van der Waals surface area (Å²) < 4.78 is 7.18. The number of aromatic nitrogens is 3. The smallest absolute Gasteiger partial charge is 0.339 e. The van der Waals surface area contributed by atoms with Crippen LogP contribution in [0.15, 0.2) is 35.1 Å². The van der Waals surface area contributed by atoms with E-state index in [1.165, 1.54) is 16.8 Å². The Morgan fingerprint density at radius 3 is 2.75 bits per heavy atom. The molecule has 4 rings (SSSR count). The Bertz CT molecular complexity index is 1260. The summed E-state index contributed by atoms with van der Waals surface area (Å²) in [5, 5.41) is 17.0. The van der Waals surface area contributed by atoms with Crippen LogP contribution in [-0.4, -0.2) is 31.6 Å². The lowest BCUT2D eigenvalue weighted by Gasteiger charge is -2.02. The van der Waals surface area contributed by atoms with Crippen LogP contribution in [0.2, 0.25) is 5.02 Å². The van der Waals surface area contributed by atoms with Crippen molar-refractivity contribution in [2.24, 2.45) is 0 Å². The molecule has 4 aromatic rings. The number of carboxylic acids is 1. The highest BCUT2D eigenvalue weighted by Crippen LogP contribution is 2.33. The summed E-state index contributed by atoms with van der Waals surface area (Å²) in [5.41, 5.74) is 2.62. The second kappa shape index (κ2) is 6.65. The van der Waals surface area contributed by atoms with E-state index < -0.39 is 11.9 Å². The Labute approximate surface area is 163 Å². The van der Waals surface area contributed by atoms with Crippen molar-refractivity contribution < 1.29 is 19.1 Å². The van der Waals surface area contributed by atoms with Crippen LogP contribution in [0.4, 0.5) is 0 Å². The molecule has 1 aromatic carbocycles. The van der Waals surface area contributed by atoms with Gasteiger partial charge in [0.05, 0.1) is 17.8 Å². The highest BCUT2D eigenvalue weighted by atomic mass is 35.5. The first-order valence-electron chi connectivity index (χ1n) is 8.38. The van der Waals surface area contributed by atoms with Gasteiger partial charge in [-0.15, -0.1) is 0 Å². The monoisotopic (exact) mass is 398 g/mol. The van der Waals surface area contributed by atoms with Gasteiger partial charge in [0.25, 0.3) is 5.91 Å². The number of nitrogens with one attached hydrogen (secondary N) is 1. The fraction of sp³-hybridized carbons (Fsp3) is 0.158.